The van der Waals surface area contributed by atoms with Crippen molar-refractivity contribution in [2.75, 3.05) is 25.0 Å². The summed E-state index contributed by atoms with van der Waals surface area (Å²) in [7, 11) is 0. The quantitative estimate of drug-likeness (QED) is 0.782. The molecule has 0 amide bonds. The van der Waals surface area contributed by atoms with E-state index in [0.29, 0.717) is 11.6 Å². The normalized spacial score (nSPS) is 20.1. The summed E-state index contributed by atoms with van der Waals surface area (Å²) in [5.41, 5.74) is 0.352. The van der Waals surface area contributed by atoms with Crippen LogP contribution in [0.4, 0.5) is 5.82 Å². The van der Waals surface area contributed by atoms with Crippen LogP contribution in [0.25, 0.3) is 0 Å². The molecular formula is C11H15N5. The molecule has 2 heterocycles. The molecule has 1 aliphatic rings. The highest BCUT2D eigenvalue weighted by Crippen LogP contribution is 2.10. The molecular weight excluding hydrogens is 202 g/mol. The average Bonchev–Trinajstić information content (AvgIpc) is 2.38. The van der Waals surface area contributed by atoms with Crippen molar-refractivity contribution < 1.29 is 0 Å². The molecule has 2 N–H and O–H groups in total. The first-order valence-corrected chi connectivity index (χ1v) is 5.55. The van der Waals surface area contributed by atoms with Crippen molar-refractivity contribution in [3.63, 3.8) is 0 Å². The Morgan fingerprint density at radius 3 is 3.06 bits per heavy atom. The Bertz CT molecular complexity index is 361. The first-order valence-electron chi connectivity index (χ1n) is 5.55. The van der Waals surface area contributed by atoms with E-state index in [1.807, 2.05) is 6.07 Å². The van der Waals surface area contributed by atoms with E-state index in [2.05, 4.69) is 20.6 Å². The Hall–Kier alpha value is -1.67. The van der Waals surface area contributed by atoms with Gasteiger partial charge in [-0.3, -0.25) is 0 Å². The largest absolute Gasteiger partial charge is 0.368 e. The van der Waals surface area contributed by atoms with E-state index in [-0.39, 0.29) is 0 Å². The maximum atomic E-state index is 8.58. The molecule has 1 aromatic heterocycles. The van der Waals surface area contributed by atoms with Gasteiger partial charge in [-0.2, -0.15) is 5.26 Å². The van der Waals surface area contributed by atoms with Gasteiger partial charge in [-0.25, -0.2) is 9.97 Å². The second-order valence-electron chi connectivity index (χ2n) is 3.99. The summed E-state index contributed by atoms with van der Waals surface area (Å²) in [5, 5.41) is 15.2. The lowest BCUT2D eigenvalue weighted by Gasteiger charge is -2.22. The lowest BCUT2D eigenvalue weighted by atomic mass is 10.00. The topological polar surface area (TPSA) is 73.6 Å². The van der Waals surface area contributed by atoms with Crippen LogP contribution in [-0.2, 0) is 0 Å². The standard InChI is InChI=1S/C11H15N5/c12-4-10-7-16-11(8-14-10)15-6-9-2-1-3-13-5-9/h7-9,13H,1-3,5-6H2,(H,15,16). The summed E-state index contributed by atoms with van der Waals surface area (Å²) in [4.78, 5) is 8.08. The molecule has 1 unspecified atom stereocenters. The minimum absolute atomic E-state index is 0.352. The van der Waals surface area contributed by atoms with Gasteiger partial charge in [-0.05, 0) is 31.8 Å². The van der Waals surface area contributed by atoms with Crippen LogP contribution in [-0.4, -0.2) is 29.6 Å². The van der Waals surface area contributed by atoms with Gasteiger partial charge in [0.25, 0.3) is 0 Å². The molecule has 1 fully saturated rings. The molecule has 16 heavy (non-hydrogen) atoms. The monoisotopic (exact) mass is 217 g/mol. The highest BCUT2D eigenvalue weighted by Gasteiger charge is 2.12. The Labute approximate surface area is 94.9 Å². The fourth-order valence-corrected chi connectivity index (χ4v) is 1.82. The third kappa shape index (κ3) is 2.91. The fraction of sp³-hybridized carbons (Fsp3) is 0.545. The molecule has 5 nitrogen and oxygen atoms in total. The SMILES string of the molecule is N#Cc1cnc(NCC2CCCNC2)cn1. The molecule has 2 rings (SSSR count). The van der Waals surface area contributed by atoms with Crippen LogP contribution in [0.1, 0.15) is 18.5 Å². The number of anilines is 1. The predicted molar refractivity (Wildman–Crippen MR) is 60.8 cm³/mol. The summed E-state index contributed by atoms with van der Waals surface area (Å²) in [6, 6.07) is 1.95. The van der Waals surface area contributed by atoms with E-state index in [9.17, 15) is 0 Å². The molecule has 1 atom stereocenters. The lowest BCUT2D eigenvalue weighted by Crippen LogP contribution is -2.33. The van der Waals surface area contributed by atoms with Gasteiger partial charge < -0.3 is 10.6 Å². The van der Waals surface area contributed by atoms with Crippen LogP contribution in [0.2, 0.25) is 0 Å². The maximum Gasteiger partial charge on any atom is 0.158 e. The van der Waals surface area contributed by atoms with E-state index in [1.54, 1.807) is 6.20 Å². The summed E-state index contributed by atoms with van der Waals surface area (Å²) in [6.45, 7) is 3.11. The van der Waals surface area contributed by atoms with Crippen molar-refractivity contribution in [3.8, 4) is 6.07 Å². The van der Waals surface area contributed by atoms with Crippen molar-refractivity contribution in [1.82, 2.24) is 15.3 Å². The predicted octanol–water partition coefficient (Wildman–Crippen LogP) is 0.760. The zero-order chi connectivity index (χ0) is 11.2. The Kier molecular flexibility index (Phi) is 3.67. The molecule has 84 valence electrons. The molecule has 1 saturated heterocycles. The minimum Gasteiger partial charge on any atom is -0.368 e. The average molecular weight is 217 g/mol. The van der Waals surface area contributed by atoms with Gasteiger partial charge >= 0.3 is 0 Å². The number of nitriles is 1. The highest BCUT2D eigenvalue weighted by molar-refractivity contribution is 5.33. The van der Waals surface area contributed by atoms with Crippen molar-refractivity contribution in [2.45, 2.75) is 12.8 Å². The Morgan fingerprint density at radius 1 is 1.50 bits per heavy atom. The number of nitrogens with one attached hydrogen (secondary N) is 2. The van der Waals surface area contributed by atoms with Gasteiger partial charge in [0.1, 0.15) is 11.9 Å². The molecule has 0 aliphatic carbocycles. The van der Waals surface area contributed by atoms with Crippen LogP contribution in [0, 0.1) is 17.2 Å². The first kappa shape index (κ1) is 10.8. The fourth-order valence-electron chi connectivity index (χ4n) is 1.82. The van der Waals surface area contributed by atoms with E-state index in [1.165, 1.54) is 19.0 Å². The smallest absolute Gasteiger partial charge is 0.158 e. The summed E-state index contributed by atoms with van der Waals surface area (Å²) in [5.74, 6) is 1.40. The molecule has 0 spiro atoms. The molecule has 0 aromatic carbocycles. The number of piperidine rings is 1. The Balaban J connectivity index is 1.82. The van der Waals surface area contributed by atoms with E-state index in [4.69, 9.17) is 5.26 Å². The lowest BCUT2D eigenvalue weighted by molar-refractivity contribution is 0.392. The van der Waals surface area contributed by atoms with Crippen LogP contribution < -0.4 is 10.6 Å². The maximum absolute atomic E-state index is 8.58. The molecule has 0 radical (unpaired) electrons. The third-order valence-corrected chi connectivity index (χ3v) is 2.74. The van der Waals surface area contributed by atoms with E-state index >= 15 is 0 Å². The summed E-state index contributed by atoms with van der Waals surface area (Å²) >= 11 is 0. The number of hydrogen-bond donors (Lipinski definition) is 2. The zero-order valence-corrected chi connectivity index (χ0v) is 9.11. The second-order valence-corrected chi connectivity index (χ2v) is 3.99. The van der Waals surface area contributed by atoms with Crippen LogP contribution in [0.5, 0.6) is 0 Å². The first-order chi connectivity index (χ1) is 7.88. The van der Waals surface area contributed by atoms with Crippen molar-refractivity contribution in [3.05, 3.63) is 18.1 Å². The second kappa shape index (κ2) is 5.42. The summed E-state index contributed by atoms with van der Waals surface area (Å²) < 4.78 is 0. The number of rotatable bonds is 3. The van der Waals surface area contributed by atoms with Gasteiger partial charge in [-0.1, -0.05) is 0 Å². The van der Waals surface area contributed by atoms with Gasteiger partial charge in [-0.15, -0.1) is 0 Å². The van der Waals surface area contributed by atoms with Gasteiger partial charge in [0.05, 0.1) is 12.4 Å². The van der Waals surface area contributed by atoms with E-state index in [0.717, 1.165) is 25.5 Å². The molecule has 1 aliphatic heterocycles. The van der Waals surface area contributed by atoms with Crippen LogP contribution in [0.3, 0.4) is 0 Å². The minimum atomic E-state index is 0.352. The van der Waals surface area contributed by atoms with Crippen LogP contribution >= 0.6 is 0 Å². The summed E-state index contributed by atoms with van der Waals surface area (Å²) in [6.07, 6.45) is 5.59. The van der Waals surface area contributed by atoms with Crippen LogP contribution in [0.15, 0.2) is 12.4 Å². The van der Waals surface area contributed by atoms with Gasteiger partial charge in [0, 0.05) is 6.54 Å². The van der Waals surface area contributed by atoms with Crippen molar-refractivity contribution >= 4 is 5.82 Å². The zero-order valence-electron chi connectivity index (χ0n) is 9.11. The molecule has 0 bridgehead atoms. The number of hydrogen-bond acceptors (Lipinski definition) is 5. The highest BCUT2D eigenvalue weighted by atomic mass is 15.0. The van der Waals surface area contributed by atoms with Gasteiger partial charge in [0.2, 0.25) is 0 Å². The van der Waals surface area contributed by atoms with E-state index < -0.39 is 0 Å². The number of aromatic nitrogens is 2. The Morgan fingerprint density at radius 2 is 2.44 bits per heavy atom. The van der Waals surface area contributed by atoms with Gasteiger partial charge in [0.15, 0.2) is 5.69 Å². The third-order valence-electron chi connectivity index (χ3n) is 2.74. The van der Waals surface area contributed by atoms with Crippen molar-refractivity contribution in [1.29, 1.82) is 5.26 Å². The molecule has 5 heteroatoms. The van der Waals surface area contributed by atoms with Crippen molar-refractivity contribution in [2.24, 2.45) is 5.92 Å². The number of nitrogens with zero attached hydrogens (tertiary/aromatic N) is 3. The molecule has 0 saturated carbocycles. The molecule has 1 aromatic rings.